The first kappa shape index (κ1) is 13.3. The van der Waals surface area contributed by atoms with E-state index in [1.807, 2.05) is 6.07 Å². The third kappa shape index (κ3) is 2.83. The molecule has 0 radical (unpaired) electrons. The monoisotopic (exact) mass is 251 g/mol. The Balaban J connectivity index is 2.39. The zero-order valence-corrected chi connectivity index (χ0v) is 11.4. The average molecular weight is 251 g/mol. The van der Waals surface area contributed by atoms with Crippen LogP contribution in [0.1, 0.15) is 45.3 Å². The Kier molecular flexibility index (Phi) is 3.91. The third-order valence-electron chi connectivity index (χ3n) is 3.30. The van der Waals surface area contributed by atoms with Crippen LogP contribution in [0.2, 0.25) is 0 Å². The molecule has 100 valence electrons. The number of nitrogens with zero attached hydrogens (tertiary/aromatic N) is 1. The van der Waals surface area contributed by atoms with Gasteiger partial charge in [0.05, 0.1) is 11.8 Å². The molecule has 3 heteroatoms. The largest absolute Gasteiger partial charge is 0.389 e. The van der Waals surface area contributed by atoms with E-state index < -0.39 is 6.10 Å². The summed E-state index contributed by atoms with van der Waals surface area (Å²) in [5.74, 6) is 0.257. The predicted octanol–water partition coefficient (Wildman–Crippen LogP) is 3.50. The fourth-order valence-electron chi connectivity index (χ4n) is 2.37. The van der Waals surface area contributed by atoms with Gasteiger partial charge in [-0.3, -0.25) is 0 Å². The number of para-hydroxylation sites is 1. The van der Waals surface area contributed by atoms with E-state index in [0.29, 0.717) is 23.2 Å². The van der Waals surface area contributed by atoms with Gasteiger partial charge in [0.15, 0.2) is 0 Å². The number of aliphatic hydroxyl groups is 1. The van der Waals surface area contributed by atoms with Crippen molar-refractivity contribution in [2.24, 2.45) is 5.92 Å². The van der Waals surface area contributed by atoms with Crippen molar-refractivity contribution >= 4 is 5.69 Å². The number of hydrogen-bond donors (Lipinski definition) is 1. The summed E-state index contributed by atoms with van der Waals surface area (Å²) in [6.07, 6.45) is 1.62. The number of aliphatic hydroxyl groups excluding tert-OH is 1. The number of anilines is 1. The smallest absolute Gasteiger partial charge is 0.146 e. The quantitative estimate of drug-likeness (QED) is 0.865. The van der Waals surface area contributed by atoms with E-state index in [1.54, 1.807) is 13.0 Å². The maximum absolute atomic E-state index is 14.1. The van der Waals surface area contributed by atoms with Gasteiger partial charge in [-0.1, -0.05) is 26.0 Å². The first-order valence-corrected chi connectivity index (χ1v) is 6.73. The fourth-order valence-corrected chi connectivity index (χ4v) is 2.37. The molecule has 1 saturated carbocycles. The number of hydrogen-bond acceptors (Lipinski definition) is 2. The highest BCUT2D eigenvalue weighted by molar-refractivity contribution is 5.57. The Hall–Kier alpha value is -1.09. The molecule has 0 saturated heterocycles. The highest BCUT2D eigenvalue weighted by atomic mass is 19.1. The Morgan fingerprint density at radius 1 is 1.33 bits per heavy atom. The summed E-state index contributed by atoms with van der Waals surface area (Å²) in [5, 5.41) is 9.82. The molecule has 1 aromatic carbocycles. The summed E-state index contributed by atoms with van der Waals surface area (Å²) in [6.45, 7) is 6.81. The van der Waals surface area contributed by atoms with Crippen LogP contribution in [0.25, 0.3) is 0 Å². The van der Waals surface area contributed by atoms with Crippen molar-refractivity contribution in [3.8, 4) is 0 Å². The lowest BCUT2D eigenvalue weighted by atomic mass is 10.1. The summed E-state index contributed by atoms with van der Waals surface area (Å²) in [4.78, 5) is 2.14. The van der Waals surface area contributed by atoms with Crippen molar-refractivity contribution in [2.75, 3.05) is 11.4 Å². The molecule has 1 atom stereocenters. The van der Waals surface area contributed by atoms with Gasteiger partial charge in [-0.15, -0.1) is 0 Å². The van der Waals surface area contributed by atoms with Gasteiger partial charge < -0.3 is 10.0 Å². The molecule has 2 rings (SSSR count). The normalized spacial score (nSPS) is 17.0. The van der Waals surface area contributed by atoms with Crippen LogP contribution in [0.5, 0.6) is 0 Å². The van der Waals surface area contributed by atoms with E-state index in [-0.39, 0.29) is 5.82 Å². The molecule has 1 N–H and O–H groups in total. The van der Waals surface area contributed by atoms with Crippen LogP contribution >= 0.6 is 0 Å². The Bertz CT molecular complexity index is 413. The molecule has 0 bridgehead atoms. The molecular weight excluding hydrogens is 229 g/mol. The minimum absolute atomic E-state index is 0.221. The Morgan fingerprint density at radius 2 is 2.00 bits per heavy atom. The van der Waals surface area contributed by atoms with Gasteiger partial charge in [-0.25, -0.2) is 4.39 Å². The molecule has 1 aromatic rings. The summed E-state index contributed by atoms with van der Waals surface area (Å²) in [7, 11) is 0. The van der Waals surface area contributed by atoms with Crippen molar-refractivity contribution in [1.29, 1.82) is 0 Å². The van der Waals surface area contributed by atoms with Gasteiger partial charge in [0, 0.05) is 18.2 Å². The topological polar surface area (TPSA) is 23.5 Å². The van der Waals surface area contributed by atoms with Crippen molar-refractivity contribution in [3.05, 3.63) is 29.6 Å². The van der Waals surface area contributed by atoms with E-state index >= 15 is 0 Å². The highest BCUT2D eigenvalue weighted by Gasteiger charge is 2.32. The van der Waals surface area contributed by atoms with Crippen LogP contribution in [0.3, 0.4) is 0 Å². The predicted molar refractivity (Wildman–Crippen MR) is 72.2 cm³/mol. The van der Waals surface area contributed by atoms with E-state index in [1.165, 1.54) is 6.07 Å². The van der Waals surface area contributed by atoms with Crippen molar-refractivity contribution < 1.29 is 9.50 Å². The minimum atomic E-state index is -0.635. The molecular formula is C15H22FNO. The standard InChI is InChI=1S/C15H22FNO/c1-10(2)9-17(12-7-8-12)15-13(11(3)18)5-4-6-14(15)16/h4-6,10-12,18H,7-9H2,1-3H3/t11-/m1/s1. The highest BCUT2D eigenvalue weighted by Crippen LogP contribution is 2.37. The van der Waals surface area contributed by atoms with Crippen LogP contribution < -0.4 is 4.90 Å². The number of benzene rings is 1. The minimum Gasteiger partial charge on any atom is -0.389 e. The Labute approximate surface area is 108 Å². The summed E-state index contributed by atoms with van der Waals surface area (Å²) >= 11 is 0. The van der Waals surface area contributed by atoms with Crippen LogP contribution in [0.4, 0.5) is 10.1 Å². The van der Waals surface area contributed by atoms with Crippen LogP contribution in [0.15, 0.2) is 18.2 Å². The molecule has 0 amide bonds. The first-order valence-electron chi connectivity index (χ1n) is 6.73. The molecule has 0 spiro atoms. The molecule has 18 heavy (non-hydrogen) atoms. The average Bonchev–Trinajstić information content (AvgIpc) is 3.09. The van der Waals surface area contributed by atoms with Gasteiger partial charge in [0.25, 0.3) is 0 Å². The zero-order valence-electron chi connectivity index (χ0n) is 11.4. The fraction of sp³-hybridized carbons (Fsp3) is 0.600. The lowest BCUT2D eigenvalue weighted by Crippen LogP contribution is -2.31. The molecule has 0 unspecified atom stereocenters. The van der Waals surface area contributed by atoms with Gasteiger partial charge in [-0.05, 0) is 31.7 Å². The second-order valence-corrected chi connectivity index (χ2v) is 5.63. The van der Waals surface area contributed by atoms with Crippen LogP contribution in [-0.2, 0) is 0 Å². The molecule has 2 nitrogen and oxygen atoms in total. The molecule has 1 aliphatic carbocycles. The second kappa shape index (κ2) is 5.27. The maximum atomic E-state index is 14.1. The number of rotatable bonds is 5. The van der Waals surface area contributed by atoms with Gasteiger partial charge >= 0.3 is 0 Å². The van der Waals surface area contributed by atoms with E-state index in [4.69, 9.17) is 0 Å². The van der Waals surface area contributed by atoms with Crippen LogP contribution in [0, 0.1) is 11.7 Å². The van der Waals surface area contributed by atoms with E-state index in [0.717, 1.165) is 19.4 Å². The second-order valence-electron chi connectivity index (χ2n) is 5.63. The van der Waals surface area contributed by atoms with Gasteiger partial charge in [0.1, 0.15) is 5.82 Å². The third-order valence-corrected chi connectivity index (χ3v) is 3.30. The SMILES string of the molecule is CC(C)CN(c1c(F)cccc1[C@@H](C)O)C1CC1. The number of halogens is 1. The van der Waals surface area contributed by atoms with Gasteiger partial charge in [0.2, 0.25) is 0 Å². The lowest BCUT2D eigenvalue weighted by Gasteiger charge is -2.30. The van der Waals surface area contributed by atoms with Crippen molar-refractivity contribution in [3.63, 3.8) is 0 Å². The first-order chi connectivity index (χ1) is 8.50. The van der Waals surface area contributed by atoms with E-state index in [9.17, 15) is 9.50 Å². The van der Waals surface area contributed by atoms with Crippen molar-refractivity contribution in [2.45, 2.75) is 45.8 Å². The van der Waals surface area contributed by atoms with Crippen LogP contribution in [-0.4, -0.2) is 17.7 Å². The molecule has 1 aliphatic rings. The summed E-state index contributed by atoms with van der Waals surface area (Å²) < 4.78 is 14.1. The molecule has 0 aliphatic heterocycles. The Morgan fingerprint density at radius 3 is 2.50 bits per heavy atom. The van der Waals surface area contributed by atoms with Crippen molar-refractivity contribution in [1.82, 2.24) is 0 Å². The molecule has 1 fully saturated rings. The lowest BCUT2D eigenvalue weighted by molar-refractivity contribution is 0.199. The van der Waals surface area contributed by atoms with Gasteiger partial charge in [-0.2, -0.15) is 0 Å². The summed E-state index contributed by atoms with van der Waals surface area (Å²) in [5.41, 5.74) is 1.30. The van der Waals surface area contributed by atoms with E-state index in [2.05, 4.69) is 18.7 Å². The molecule has 0 aromatic heterocycles. The summed E-state index contributed by atoms with van der Waals surface area (Å²) in [6, 6.07) is 5.42. The maximum Gasteiger partial charge on any atom is 0.146 e. The molecule has 0 heterocycles. The zero-order chi connectivity index (χ0) is 13.3.